The second kappa shape index (κ2) is 4.88. The number of aryl methyl sites for hydroxylation is 1. The van der Waals surface area contributed by atoms with Crippen molar-refractivity contribution in [3.05, 3.63) is 5.82 Å². The molecule has 6 nitrogen and oxygen atoms in total. The Balaban J connectivity index is 1.81. The maximum Gasteiger partial charge on any atom is 0.188 e. The van der Waals surface area contributed by atoms with Crippen molar-refractivity contribution in [3.63, 3.8) is 0 Å². The van der Waals surface area contributed by atoms with E-state index in [1.165, 1.54) is 4.80 Å². The van der Waals surface area contributed by atoms with Crippen molar-refractivity contribution in [1.29, 1.82) is 0 Å². The Labute approximate surface area is 95.2 Å². The van der Waals surface area contributed by atoms with Gasteiger partial charge in [-0.05, 0) is 44.0 Å². The number of likely N-dealkylation sites (tertiary alicyclic amines) is 1. The van der Waals surface area contributed by atoms with Gasteiger partial charge in [-0.15, -0.1) is 10.2 Å². The molecule has 1 N–H and O–H groups in total. The van der Waals surface area contributed by atoms with Crippen LogP contribution in [0.4, 0.5) is 0 Å². The fraction of sp³-hybridized carbons (Fsp3) is 0.900. The van der Waals surface area contributed by atoms with Crippen LogP contribution in [0, 0.1) is 5.92 Å². The minimum Gasteiger partial charge on any atom is -0.393 e. The summed E-state index contributed by atoms with van der Waals surface area (Å²) >= 11 is 0. The van der Waals surface area contributed by atoms with Gasteiger partial charge in [0.1, 0.15) is 0 Å². The van der Waals surface area contributed by atoms with Crippen molar-refractivity contribution in [2.24, 2.45) is 13.0 Å². The zero-order valence-electron chi connectivity index (χ0n) is 9.87. The van der Waals surface area contributed by atoms with Gasteiger partial charge < -0.3 is 5.11 Å². The molecule has 1 aliphatic rings. The molecule has 1 unspecified atom stereocenters. The van der Waals surface area contributed by atoms with Gasteiger partial charge in [0.2, 0.25) is 0 Å². The molecule has 6 heteroatoms. The van der Waals surface area contributed by atoms with Crippen molar-refractivity contribution in [2.75, 3.05) is 13.1 Å². The summed E-state index contributed by atoms with van der Waals surface area (Å²) in [5, 5.41) is 21.5. The Hall–Kier alpha value is -1.01. The quantitative estimate of drug-likeness (QED) is 0.772. The second-order valence-electron chi connectivity index (χ2n) is 4.55. The molecule has 0 amide bonds. The van der Waals surface area contributed by atoms with Crippen molar-refractivity contribution < 1.29 is 5.11 Å². The average molecular weight is 225 g/mol. The van der Waals surface area contributed by atoms with Crippen molar-refractivity contribution >= 4 is 0 Å². The summed E-state index contributed by atoms with van der Waals surface area (Å²) < 4.78 is 0. The minimum atomic E-state index is -0.184. The molecule has 0 aliphatic carbocycles. The lowest BCUT2D eigenvalue weighted by Gasteiger charge is -2.32. The Morgan fingerprint density at radius 3 is 2.62 bits per heavy atom. The van der Waals surface area contributed by atoms with Crippen LogP contribution in [-0.2, 0) is 13.6 Å². The normalized spacial score (nSPS) is 21.2. The molecule has 1 atom stereocenters. The van der Waals surface area contributed by atoms with Gasteiger partial charge in [-0.1, -0.05) is 0 Å². The third-order valence-electron chi connectivity index (χ3n) is 3.23. The summed E-state index contributed by atoms with van der Waals surface area (Å²) in [7, 11) is 1.77. The monoisotopic (exact) mass is 225 g/mol. The van der Waals surface area contributed by atoms with E-state index in [0.717, 1.165) is 38.3 Å². The maximum absolute atomic E-state index is 9.50. The topological polar surface area (TPSA) is 67.1 Å². The number of piperidine rings is 1. The van der Waals surface area contributed by atoms with Crippen LogP contribution < -0.4 is 0 Å². The predicted octanol–water partition coefficient (Wildman–Crippen LogP) is -0.197. The summed E-state index contributed by atoms with van der Waals surface area (Å²) in [6, 6.07) is 0. The van der Waals surface area contributed by atoms with Gasteiger partial charge in [0.15, 0.2) is 5.82 Å². The largest absolute Gasteiger partial charge is 0.393 e. The number of aliphatic hydroxyl groups excluding tert-OH is 1. The molecule has 90 valence electrons. The minimum absolute atomic E-state index is 0.184. The molecule has 1 aromatic heterocycles. The van der Waals surface area contributed by atoms with Gasteiger partial charge in [-0.25, -0.2) is 0 Å². The van der Waals surface area contributed by atoms with Gasteiger partial charge in [0, 0.05) is 0 Å². The SMILES string of the molecule is CC(O)C1CCN(Cc2nnn(C)n2)CC1. The highest BCUT2D eigenvalue weighted by Gasteiger charge is 2.23. The lowest BCUT2D eigenvalue weighted by atomic mass is 9.92. The molecule has 16 heavy (non-hydrogen) atoms. The van der Waals surface area contributed by atoms with Crippen LogP contribution in [0.5, 0.6) is 0 Å². The van der Waals surface area contributed by atoms with Crippen LogP contribution in [0.1, 0.15) is 25.6 Å². The Morgan fingerprint density at radius 1 is 1.44 bits per heavy atom. The van der Waals surface area contributed by atoms with E-state index < -0.39 is 0 Å². The van der Waals surface area contributed by atoms with E-state index in [0.29, 0.717) is 5.92 Å². The van der Waals surface area contributed by atoms with Crippen LogP contribution in [-0.4, -0.2) is 49.4 Å². The first-order chi connectivity index (χ1) is 7.65. The summed E-state index contributed by atoms with van der Waals surface area (Å²) in [5.41, 5.74) is 0. The van der Waals surface area contributed by atoms with E-state index in [4.69, 9.17) is 0 Å². The van der Waals surface area contributed by atoms with Crippen LogP contribution in [0.2, 0.25) is 0 Å². The van der Waals surface area contributed by atoms with Gasteiger partial charge in [-0.3, -0.25) is 4.90 Å². The van der Waals surface area contributed by atoms with E-state index >= 15 is 0 Å². The smallest absolute Gasteiger partial charge is 0.188 e. The van der Waals surface area contributed by atoms with Gasteiger partial charge in [0.05, 0.1) is 19.7 Å². The molecule has 0 saturated carbocycles. The second-order valence-corrected chi connectivity index (χ2v) is 4.55. The molecule has 2 rings (SSSR count). The van der Waals surface area contributed by atoms with Crippen LogP contribution >= 0.6 is 0 Å². The molecule has 1 aromatic rings. The number of hydrogen-bond acceptors (Lipinski definition) is 5. The summed E-state index contributed by atoms with van der Waals surface area (Å²) in [6.45, 7) is 4.66. The van der Waals surface area contributed by atoms with E-state index in [-0.39, 0.29) is 6.10 Å². The van der Waals surface area contributed by atoms with Crippen LogP contribution in [0.3, 0.4) is 0 Å². The van der Waals surface area contributed by atoms with Gasteiger partial charge in [0.25, 0.3) is 0 Å². The maximum atomic E-state index is 9.50. The lowest BCUT2D eigenvalue weighted by Crippen LogP contribution is -2.36. The first kappa shape index (κ1) is 11.5. The average Bonchev–Trinajstić information content (AvgIpc) is 2.65. The number of hydrogen-bond donors (Lipinski definition) is 1. The zero-order chi connectivity index (χ0) is 11.5. The molecule has 1 fully saturated rings. The highest BCUT2D eigenvalue weighted by molar-refractivity contribution is 4.81. The molecule has 0 bridgehead atoms. The molecular weight excluding hydrogens is 206 g/mol. The van der Waals surface area contributed by atoms with Crippen molar-refractivity contribution in [2.45, 2.75) is 32.4 Å². The zero-order valence-corrected chi connectivity index (χ0v) is 9.87. The molecular formula is C10H19N5O. The van der Waals surface area contributed by atoms with E-state index in [1.54, 1.807) is 7.05 Å². The first-order valence-corrected chi connectivity index (χ1v) is 5.78. The molecule has 0 aromatic carbocycles. The highest BCUT2D eigenvalue weighted by Crippen LogP contribution is 2.20. The number of nitrogens with zero attached hydrogens (tertiary/aromatic N) is 5. The third kappa shape index (κ3) is 2.76. The van der Waals surface area contributed by atoms with Crippen LogP contribution in [0.15, 0.2) is 0 Å². The summed E-state index contributed by atoms with van der Waals surface area (Å²) in [4.78, 5) is 3.80. The molecule has 0 radical (unpaired) electrons. The fourth-order valence-electron chi connectivity index (χ4n) is 2.18. The Bertz CT molecular complexity index is 330. The predicted molar refractivity (Wildman–Crippen MR) is 58.5 cm³/mol. The summed E-state index contributed by atoms with van der Waals surface area (Å²) in [6.07, 6.45) is 1.92. The number of aliphatic hydroxyl groups is 1. The summed E-state index contributed by atoms with van der Waals surface area (Å²) in [5.74, 6) is 1.23. The van der Waals surface area contributed by atoms with Crippen molar-refractivity contribution in [3.8, 4) is 0 Å². The lowest BCUT2D eigenvalue weighted by molar-refractivity contribution is 0.0687. The Kier molecular flexibility index (Phi) is 3.50. The van der Waals surface area contributed by atoms with Gasteiger partial charge in [-0.2, -0.15) is 4.80 Å². The van der Waals surface area contributed by atoms with Gasteiger partial charge >= 0.3 is 0 Å². The number of tetrazole rings is 1. The first-order valence-electron chi connectivity index (χ1n) is 5.78. The van der Waals surface area contributed by atoms with Crippen molar-refractivity contribution in [1.82, 2.24) is 25.1 Å². The Morgan fingerprint density at radius 2 is 2.12 bits per heavy atom. The highest BCUT2D eigenvalue weighted by atomic mass is 16.3. The van der Waals surface area contributed by atoms with Crippen LogP contribution in [0.25, 0.3) is 0 Å². The number of aromatic nitrogens is 4. The van der Waals surface area contributed by atoms with E-state index in [9.17, 15) is 5.11 Å². The molecule has 1 aliphatic heterocycles. The fourth-order valence-corrected chi connectivity index (χ4v) is 2.18. The van der Waals surface area contributed by atoms with E-state index in [2.05, 4.69) is 20.3 Å². The molecule has 1 saturated heterocycles. The standard InChI is InChI=1S/C10H19N5O/c1-8(16)9-3-5-15(6-4-9)7-10-11-13-14(2)12-10/h8-9,16H,3-7H2,1-2H3. The molecule has 2 heterocycles. The number of rotatable bonds is 3. The van der Waals surface area contributed by atoms with E-state index in [1.807, 2.05) is 6.92 Å². The third-order valence-corrected chi connectivity index (χ3v) is 3.23. The molecule has 0 spiro atoms.